The predicted octanol–water partition coefficient (Wildman–Crippen LogP) is 1.65. The molecule has 0 aliphatic rings. The maximum Gasteiger partial charge on any atom is 0.169 e. The highest BCUT2D eigenvalue weighted by Crippen LogP contribution is 2.21. The van der Waals surface area contributed by atoms with Gasteiger partial charge in [-0.3, -0.25) is 0 Å². The molecule has 1 aromatic heterocycles. The average molecular weight is 247 g/mol. The summed E-state index contributed by atoms with van der Waals surface area (Å²) in [7, 11) is 4.06. The Bertz CT molecular complexity index is 260. The molecule has 0 spiro atoms. The molecule has 0 aliphatic carbocycles. The maximum absolute atomic E-state index is 5.66. The lowest BCUT2D eigenvalue weighted by Gasteiger charge is -2.16. The summed E-state index contributed by atoms with van der Waals surface area (Å²) >= 11 is 3.27. The van der Waals surface area contributed by atoms with Crippen molar-refractivity contribution in [3.63, 3.8) is 0 Å². The SMILES string of the molecule is CN(C)CC(CN)c1ccc(Br)o1. The zero-order chi connectivity index (χ0) is 9.84. The molecule has 0 aromatic carbocycles. The third-order valence-corrected chi connectivity index (χ3v) is 2.29. The first-order valence-corrected chi connectivity index (χ1v) is 5.02. The molecule has 0 fully saturated rings. The topological polar surface area (TPSA) is 42.4 Å². The number of furan rings is 1. The number of rotatable bonds is 4. The van der Waals surface area contributed by atoms with Crippen LogP contribution in [0.2, 0.25) is 0 Å². The van der Waals surface area contributed by atoms with Gasteiger partial charge in [0.1, 0.15) is 5.76 Å². The summed E-state index contributed by atoms with van der Waals surface area (Å²) in [5.74, 6) is 1.23. The number of nitrogens with zero attached hydrogens (tertiary/aromatic N) is 1. The quantitative estimate of drug-likeness (QED) is 0.879. The van der Waals surface area contributed by atoms with Gasteiger partial charge >= 0.3 is 0 Å². The van der Waals surface area contributed by atoms with E-state index in [4.69, 9.17) is 10.2 Å². The molecule has 1 unspecified atom stereocenters. The van der Waals surface area contributed by atoms with Gasteiger partial charge in [0.15, 0.2) is 4.67 Å². The molecular formula is C9H15BrN2O. The van der Waals surface area contributed by atoms with E-state index in [0.29, 0.717) is 6.54 Å². The van der Waals surface area contributed by atoms with Crippen LogP contribution in [0.1, 0.15) is 11.7 Å². The molecule has 1 heterocycles. The summed E-state index contributed by atoms with van der Waals surface area (Å²) in [5, 5.41) is 0. The van der Waals surface area contributed by atoms with Gasteiger partial charge in [0, 0.05) is 19.0 Å². The summed E-state index contributed by atoms with van der Waals surface area (Å²) in [6, 6.07) is 3.86. The number of hydrogen-bond acceptors (Lipinski definition) is 3. The van der Waals surface area contributed by atoms with Gasteiger partial charge in [-0.2, -0.15) is 0 Å². The van der Waals surface area contributed by atoms with Crippen LogP contribution in [0, 0.1) is 0 Å². The minimum Gasteiger partial charge on any atom is -0.454 e. The Morgan fingerprint density at radius 2 is 2.23 bits per heavy atom. The molecule has 2 N–H and O–H groups in total. The fourth-order valence-electron chi connectivity index (χ4n) is 1.27. The highest BCUT2D eigenvalue weighted by Gasteiger charge is 2.14. The summed E-state index contributed by atoms with van der Waals surface area (Å²) in [6.45, 7) is 1.52. The molecule has 74 valence electrons. The van der Waals surface area contributed by atoms with E-state index in [9.17, 15) is 0 Å². The first-order valence-electron chi connectivity index (χ1n) is 4.23. The Morgan fingerprint density at radius 3 is 2.62 bits per heavy atom. The normalized spacial score (nSPS) is 13.6. The molecule has 3 nitrogen and oxygen atoms in total. The van der Waals surface area contributed by atoms with Crippen LogP contribution in [-0.4, -0.2) is 32.1 Å². The molecule has 0 saturated heterocycles. The fraction of sp³-hybridized carbons (Fsp3) is 0.556. The average Bonchev–Trinajstić information content (AvgIpc) is 2.47. The van der Waals surface area contributed by atoms with Gasteiger partial charge in [-0.25, -0.2) is 0 Å². The summed E-state index contributed by atoms with van der Waals surface area (Å²) in [5.41, 5.74) is 5.66. The van der Waals surface area contributed by atoms with Crippen LogP contribution in [-0.2, 0) is 0 Å². The molecule has 0 bridgehead atoms. The Balaban J connectivity index is 2.66. The summed E-state index contributed by atoms with van der Waals surface area (Å²) in [6.07, 6.45) is 0. The second kappa shape index (κ2) is 4.79. The van der Waals surface area contributed by atoms with Crippen molar-refractivity contribution < 1.29 is 4.42 Å². The Kier molecular flexibility index (Phi) is 3.96. The summed E-state index contributed by atoms with van der Waals surface area (Å²) < 4.78 is 6.21. The molecule has 1 aromatic rings. The molecular weight excluding hydrogens is 232 g/mol. The van der Waals surface area contributed by atoms with Crippen molar-refractivity contribution in [2.45, 2.75) is 5.92 Å². The monoisotopic (exact) mass is 246 g/mol. The lowest BCUT2D eigenvalue weighted by molar-refractivity contribution is 0.341. The van der Waals surface area contributed by atoms with Gasteiger partial charge in [-0.1, -0.05) is 0 Å². The van der Waals surface area contributed by atoms with Crippen molar-refractivity contribution in [2.24, 2.45) is 5.73 Å². The molecule has 1 rings (SSSR count). The molecule has 4 heteroatoms. The van der Waals surface area contributed by atoms with Crippen molar-refractivity contribution in [1.29, 1.82) is 0 Å². The van der Waals surface area contributed by atoms with Crippen LogP contribution < -0.4 is 5.73 Å². The van der Waals surface area contributed by atoms with E-state index in [1.165, 1.54) is 0 Å². The van der Waals surface area contributed by atoms with E-state index in [1.54, 1.807) is 0 Å². The first kappa shape index (κ1) is 10.8. The smallest absolute Gasteiger partial charge is 0.169 e. The minimum atomic E-state index is 0.279. The Labute approximate surface area is 87.0 Å². The molecule has 0 saturated carbocycles. The van der Waals surface area contributed by atoms with Gasteiger partial charge in [0.2, 0.25) is 0 Å². The second-order valence-electron chi connectivity index (χ2n) is 3.34. The van der Waals surface area contributed by atoms with Crippen LogP contribution in [0.25, 0.3) is 0 Å². The van der Waals surface area contributed by atoms with Gasteiger partial charge < -0.3 is 15.1 Å². The molecule has 1 atom stereocenters. The van der Waals surface area contributed by atoms with Crippen molar-refractivity contribution in [3.05, 3.63) is 22.6 Å². The van der Waals surface area contributed by atoms with E-state index < -0.39 is 0 Å². The van der Waals surface area contributed by atoms with Crippen molar-refractivity contribution in [2.75, 3.05) is 27.2 Å². The van der Waals surface area contributed by atoms with Crippen molar-refractivity contribution >= 4 is 15.9 Å². The van der Waals surface area contributed by atoms with Crippen molar-refractivity contribution in [3.8, 4) is 0 Å². The molecule has 0 aliphatic heterocycles. The third kappa shape index (κ3) is 3.14. The number of likely N-dealkylation sites (N-methyl/N-ethyl adjacent to an activating group) is 1. The molecule has 0 amide bonds. The third-order valence-electron chi connectivity index (χ3n) is 1.87. The number of nitrogens with two attached hydrogens (primary N) is 1. The largest absolute Gasteiger partial charge is 0.454 e. The van der Waals surface area contributed by atoms with E-state index in [2.05, 4.69) is 20.8 Å². The summed E-state index contributed by atoms with van der Waals surface area (Å²) in [4.78, 5) is 2.11. The van der Waals surface area contributed by atoms with E-state index in [-0.39, 0.29) is 5.92 Å². The van der Waals surface area contributed by atoms with E-state index >= 15 is 0 Å². The van der Waals surface area contributed by atoms with Gasteiger partial charge in [-0.05, 0) is 42.2 Å². The van der Waals surface area contributed by atoms with E-state index in [0.717, 1.165) is 17.0 Å². The van der Waals surface area contributed by atoms with Crippen LogP contribution in [0.5, 0.6) is 0 Å². The zero-order valence-electron chi connectivity index (χ0n) is 7.96. The van der Waals surface area contributed by atoms with Crippen LogP contribution in [0.15, 0.2) is 21.2 Å². The zero-order valence-corrected chi connectivity index (χ0v) is 9.54. The second-order valence-corrected chi connectivity index (χ2v) is 4.12. The van der Waals surface area contributed by atoms with Gasteiger partial charge in [0.25, 0.3) is 0 Å². The fourth-order valence-corrected chi connectivity index (χ4v) is 1.59. The lowest BCUT2D eigenvalue weighted by Crippen LogP contribution is -2.25. The Hall–Kier alpha value is -0.320. The molecule has 0 radical (unpaired) electrons. The first-order chi connectivity index (χ1) is 6.13. The standard InChI is InChI=1S/C9H15BrN2O/c1-12(2)6-7(5-11)8-3-4-9(10)13-8/h3-4,7H,5-6,11H2,1-2H3. The highest BCUT2D eigenvalue weighted by atomic mass is 79.9. The predicted molar refractivity (Wildman–Crippen MR) is 56.8 cm³/mol. The lowest BCUT2D eigenvalue weighted by atomic mass is 10.1. The Morgan fingerprint density at radius 1 is 1.54 bits per heavy atom. The number of hydrogen-bond donors (Lipinski definition) is 1. The van der Waals surface area contributed by atoms with Crippen LogP contribution in [0.4, 0.5) is 0 Å². The van der Waals surface area contributed by atoms with Gasteiger partial charge in [0.05, 0.1) is 0 Å². The molecule has 13 heavy (non-hydrogen) atoms. The van der Waals surface area contributed by atoms with Gasteiger partial charge in [-0.15, -0.1) is 0 Å². The van der Waals surface area contributed by atoms with Crippen molar-refractivity contribution in [1.82, 2.24) is 4.90 Å². The van der Waals surface area contributed by atoms with Crippen LogP contribution >= 0.6 is 15.9 Å². The maximum atomic E-state index is 5.66. The van der Waals surface area contributed by atoms with Crippen LogP contribution in [0.3, 0.4) is 0 Å². The van der Waals surface area contributed by atoms with E-state index in [1.807, 2.05) is 26.2 Å². The minimum absolute atomic E-state index is 0.279. The number of halogens is 1. The highest BCUT2D eigenvalue weighted by molar-refractivity contribution is 9.10.